The standard InChI is InChI=1S/C28H29N5O2S/c1-20-17-21(2)30-28(29-20)36-25-24(26(34)33(27(25)35)19-23-11-7-4-8-12-23)32-15-13-31(14-16-32)18-22-9-5-3-6-10-22/h3-12,17H,13-16,18-19H2,1-2H3/p+1. The number of carbonyl (C=O) groups is 2. The number of benzene rings is 2. The van der Waals surface area contributed by atoms with Crippen molar-refractivity contribution in [2.45, 2.75) is 32.1 Å². The molecule has 0 bridgehead atoms. The molecule has 3 heterocycles. The molecule has 5 rings (SSSR count). The van der Waals surface area contributed by atoms with Crippen LogP contribution in [0.5, 0.6) is 0 Å². The average Bonchev–Trinajstić information content (AvgIpc) is 3.09. The fraction of sp³-hybridized carbons (Fsp3) is 0.286. The van der Waals surface area contributed by atoms with E-state index in [4.69, 9.17) is 0 Å². The second-order valence-corrected chi connectivity index (χ2v) is 10.3. The minimum atomic E-state index is -0.273. The number of thioether (sulfide) groups is 1. The van der Waals surface area contributed by atoms with E-state index in [1.165, 1.54) is 27.1 Å². The van der Waals surface area contributed by atoms with Gasteiger partial charge in [0.1, 0.15) is 17.1 Å². The highest BCUT2D eigenvalue weighted by Crippen LogP contribution is 2.36. The molecule has 3 aromatic rings. The Balaban J connectivity index is 1.39. The molecule has 0 unspecified atom stereocenters. The molecule has 1 aromatic heterocycles. The number of amides is 2. The van der Waals surface area contributed by atoms with Crippen LogP contribution in [0.3, 0.4) is 0 Å². The van der Waals surface area contributed by atoms with Crippen LogP contribution in [-0.2, 0) is 22.7 Å². The number of aromatic nitrogens is 2. The molecular formula is C28H30N5O2S+. The number of imide groups is 1. The van der Waals surface area contributed by atoms with Gasteiger partial charge in [-0.25, -0.2) is 9.97 Å². The number of quaternary nitrogens is 1. The van der Waals surface area contributed by atoms with Gasteiger partial charge in [-0.3, -0.25) is 14.5 Å². The average molecular weight is 501 g/mol. The van der Waals surface area contributed by atoms with Gasteiger partial charge in [-0.15, -0.1) is 0 Å². The first-order chi connectivity index (χ1) is 17.5. The second-order valence-electron chi connectivity index (χ2n) is 9.29. The van der Waals surface area contributed by atoms with Gasteiger partial charge in [0.05, 0.1) is 32.7 Å². The highest BCUT2D eigenvalue weighted by molar-refractivity contribution is 8.04. The molecule has 1 N–H and O–H groups in total. The van der Waals surface area contributed by atoms with E-state index in [0.717, 1.165) is 36.6 Å². The van der Waals surface area contributed by atoms with Crippen molar-refractivity contribution in [2.24, 2.45) is 0 Å². The molecule has 0 spiro atoms. The van der Waals surface area contributed by atoms with Crippen LogP contribution in [0.25, 0.3) is 0 Å². The van der Waals surface area contributed by atoms with Gasteiger partial charge < -0.3 is 9.80 Å². The third-order valence-corrected chi connectivity index (χ3v) is 7.46. The number of nitrogens with zero attached hydrogens (tertiary/aromatic N) is 4. The number of carbonyl (C=O) groups excluding carboxylic acids is 2. The van der Waals surface area contributed by atoms with Crippen LogP contribution in [0.4, 0.5) is 0 Å². The number of nitrogens with one attached hydrogen (secondary N) is 1. The second kappa shape index (κ2) is 10.6. The van der Waals surface area contributed by atoms with E-state index in [0.29, 0.717) is 28.8 Å². The van der Waals surface area contributed by atoms with Gasteiger partial charge in [0.25, 0.3) is 11.8 Å². The predicted octanol–water partition coefficient (Wildman–Crippen LogP) is 2.37. The van der Waals surface area contributed by atoms with Gasteiger partial charge in [-0.05, 0) is 37.2 Å². The van der Waals surface area contributed by atoms with Crippen molar-refractivity contribution >= 4 is 23.6 Å². The Morgan fingerprint density at radius 1 is 0.833 bits per heavy atom. The Morgan fingerprint density at radius 3 is 2.03 bits per heavy atom. The van der Waals surface area contributed by atoms with Crippen molar-refractivity contribution in [1.29, 1.82) is 0 Å². The summed E-state index contributed by atoms with van der Waals surface area (Å²) in [5.74, 6) is -0.507. The number of piperazine rings is 1. The lowest BCUT2D eigenvalue weighted by atomic mass is 10.2. The van der Waals surface area contributed by atoms with Gasteiger partial charge in [-0.2, -0.15) is 0 Å². The van der Waals surface area contributed by atoms with Crippen LogP contribution < -0.4 is 4.90 Å². The molecule has 36 heavy (non-hydrogen) atoms. The molecule has 0 atom stereocenters. The Bertz CT molecular complexity index is 1270. The number of hydrogen-bond acceptors (Lipinski definition) is 6. The van der Waals surface area contributed by atoms with Gasteiger partial charge in [-0.1, -0.05) is 60.7 Å². The minimum absolute atomic E-state index is 0.234. The molecule has 2 aliphatic heterocycles. The third kappa shape index (κ3) is 5.34. The van der Waals surface area contributed by atoms with E-state index in [2.05, 4.69) is 39.1 Å². The first-order valence-electron chi connectivity index (χ1n) is 12.2. The fourth-order valence-electron chi connectivity index (χ4n) is 4.76. The highest BCUT2D eigenvalue weighted by Gasteiger charge is 2.43. The van der Waals surface area contributed by atoms with Gasteiger partial charge in [0.2, 0.25) is 0 Å². The summed E-state index contributed by atoms with van der Waals surface area (Å²) >= 11 is 1.21. The Labute approximate surface area is 215 Å². The maximum atomic E-state index is 13.7. The van der Waals surface area contributed by atoms with Crippen LogP contribution in [0, 0.1) is 13.8 Å². The lowest BCUT2D eigenvalue weighted by Gasteiger charge is -2.34. The van der Waals surface area contributed by atoms with Crippen molar-refractivity contribution < 1.29 is 14.5 Å². The van der Waals surface area contributed by atoms with Crippen molar-refractivity contribution in [3.8, 4) is 0 Å². The molecule has 0 radical (unpaired) electrons. The summed E-state index contributed by atoms with van der Waals surface area (Å²) in [5.41, 5.74) is 4.39. The maximum absolute atomic E-state index is 13.7. The zero-order valence-corrected chi connectivity index (χ0v) is 21.4. The van der Waals surface area contributed by atoms with Crippen molar-refractivity contribution in [3.63, 3.8) is 0 Å². The van der Waals surface area contributed by atoms with E-state index in [9.17, 15) is 9.59 Å². The molecule has 8 heteroatoms. The van der Waals surface area contributed by atoms with Crippen LogP contribution in [-0.4, -0.2) is 57.8 Å². The van der Waals surface area contributed by atoms with Gasteiger partial charge in [0.15, 0.2) is 5.16 Å². The van der Waals surface area contributed by atoms with Gasteiger partial charge >= 0.3 is 0 Å². The van der Waals surface area contributed by atoms with E-state index < -0.39 is 0 Å². The summed E-state index contributed by atoms with van der Waals surface area (Å²) < 4.78 is 0. The summed E-state index contributed by atoms with van der Waals surface area (Å²) in [6, 6.07) is 22.0. The number of rotatable bonds is 7. The Morgan fingerprint density at radius 2 is 1.42 bits per heavy atom. The minimum Gasteiger partial charge on any atom is -0.355 e. The molecule has 2 aromatic carbocycles. The quantitative estimate of drug-likeness (QED) is 0.397. The van der Waals surface area contributed by atoms with E-state index >= 15 is 0 Å². The largest absolute Gasteiger partial charge is 0.355 e. The molecule has 0 saturated carbocycles. The molecule has 7 nitrogen and oxygen atoms in total. The van der Waals surface area contributed by atoms with Crippen LogP contribution >= 0.6 is 11.8 Å². The Hall–Kier alpha value is -3.49. The lowest BCUT2D eigenvalue weighted by Crippen LogP contribution is -3.13. The number of hydrogen-bond donors (Lipinski definition) is 1. The summed E-state index contributed by atoms with van der Waals surface area (Å²) in [5, 5.41) is 0.496. The number of aryl methyl sites for hydroxylation is 2. The van der Waals surface area contributed by atoms with E-state index in [1.54, 1.807) is 0 Å². The van der Waals surface area contributed by atoms with Crippen molar-refractivity contribution in [3.05, 3.63) is 99.8 Å². The topological polar surface area (TPSA) is 70.8 Å². The molecule has 184 valence electrons. The third-order valence-electron chi connectivity index (χ3n) is 6.52. The molecular weight excluding hydrogens is 470 g/mol. The normalized spacial score (nSPS) is 16.8. The van der Waals surface area contributed by atoms with Crippen molar-refractivity contribution in [2.75, 3.05) is 26.2 Å². The zero-order chi connectivity index (χ0) is 25.1. The Kier molecular flexibility index (Phi) is 7.16. The monoisotopic (exact) mass is 500 g/mol. The highest BCUT2D eigenvalue weighted by atomic mass is 32.2. The molecule has 1 saturated heterocycles. The summed E-state index contributed by atoms with van der Waals surface area (Å²) in [6.45, 7) is 8.25. The predicted molar refractivity (Wildman–Crippen MR) is 139 cm³/mol. The lowest BCUT2D eigenvalue weighted by molar-refractivity contribution is -0.917. The van der Waals surface area contributed by atoms with Gasteiger partial charge in [0, 0.05) is 17.0 Å². The SMILES string of the molecule is Cc1cc(C)nc(SC2=C(N3CC[NH+](Cc4ccccc4)CC3)C(=O)N(Cc3ccccc3)C2=O)n1. The van der Waals surface area contributed by atoms with E-state index in [1.807, 2.05) is 56.3 Å². The smallest absolute Gasteiger partial charge is 0.278 e. The van der Waals surface area contributed by atoms with E-state index in [-0.39, 0.29) is 18.4 Å². The van der Waals surface area contributed by atoms with Crippen molar-refractivity contribution in [1.82, 2.24) is 19.8 Å². The maximum Gasteiger partial charge on any atom is 0.278 e. The zero-order valence-electron chi connectivity index (χ0n) is 20.6. The molecule has 2 amide bonds. The molecule has 2 aliphatic rings. The molecule has 1 fully saturated rings. The first kappa shape index (κ1) is 24.2. The van der Waals surface area contributed by atoms with Crippen LogP contribution in [0.1, 0.15) is 22.5 Å². The van der Waals surface area contributed by atoms with Crippen LogP contribution in [0.2, 0.25) is 0 Å². The summed E-state index contributed by atoms with van der Waals surface area (Å²) in [4.78, 5) is 41.6. The first-order valence-corrected chi connectivity index (χ1v) is 13.1. The van der Waals surface area contributed by atoms with Crippen LogP contribution in [0.15, 0.2) is 82.5 Å². The summed E-state index contributed by atoms with van der Waals surface area (Å²) in [7, 11) is 0. The summed E-state index contributed by atoms with van der Waals surface area (Å²) in [6.07, 6.45) is 0. The molecule has 0 aliphatic carbocycles. The fourth-order valence-corrected chi connectivity index (χ4v) is 5.83.